The van der Waals surface area contributed by atoms with E-state index in [-0.39, 0.29) is 18.0 Å². The minimum atomic E-state index is -0.525. The van der Waals surface area contributed by atoms with Crippen LogP contribution in [0.2, 0.25) is 0 Å². The summed E-state index contributed by atoms with van der Waals surface area (Å²) in [5.74, 6) is 0.312. The van der Waals surface area contributed by atoms with E-state index in [1.54, 1.807) is 0 Å². The maximum atomic E-state index is 12.2. The summed E-state index contributed by atoms with van der Waals surface area (Å²) in [4.78, 5) is 26.3. The van der Waals surface area contributed by atoms with E-state index in [0.717, 1.165) is 46.3 Å². The Hall–Kier alpha value is -3.06. The van der Waals surface area contributed by atoms with Gasteiger partial charge in [-0.15, -0.1) is 0 Å². The van der Waals surface area contributed by atoms with Gasteiger partial charge in [0.2, 0.25) is 5.88 Å². The lowest BCUT2D eigenvalue weighted by molar-refractivity contribution is 0.0234. The number of rotatable bonds is 7. The Bertz CT molecular complexity index is 1190. The maximum absolute atomic E-state index is 12.2. The third-order valence-corrected chi connectivity index (χ3v) is 6.58. The number of pyridine rings is 3. The van der Waals surface area contributed by atoms with E-state index in [2.05, 4.69) is 29.9 Å². The van der Waals surface area contributed by atoms with Gasteiger partial charge in [0.15, 0.2) is 0 Å². The second-order valence-electron chi connectivity index (χ2n) is 9.13. The molecule has 3 aromatic rings. The molecule has 1 aliphatic rings. The summed E-state index contributed by atoms with van der Waals surface area (Å²) >= 11 is 0. The van der Waals surface area contributed by atoms with Gasteiger partial charge in [0, 0.05) is 41.7 Å². The van der Waals surface area contributed by atoms with E-state index in [1.165, 1.54) is 0 Å². The van der Waals surface area contributed by atoms with Crippen molar-refractivity contribution in [2.24, 2.45) is 5.73 Å². The predicted octanol–water partition coefficient (Wildman–Crippen LogP) is 4.65. The molecule has 2 N–H and O–H groups in total. The van der Waals surface area contributed by atoms with E-state index >= 15 is 0 Å². The zero-order valence-corrected chi connectivity index (χ0v) is 20.0. The second-order valence-corrected chi connectivity index (χ2v) is 9.13. The Morgan fingerprint density at radius 2 is 1.91 bits per heavy atom. The number of nitrogens with two attached hydrogens (primary N) is 1. The highest BCUT2D eigenvalue weighted by molar-refractivity contribution is 5.92. The zero-order chi connectivity index (χ0) is 23.8. The average molecular weight is 449 g/mol. The molecule has 0 bridgehead atoms. The van der Waals surface area contributed by atoms with Gasteiger partial charge in [0.05, 0.1) is 23.3 Å². The van der Waals surface area contributed by atoms with Crippen LogP contribution >= 0.6 is 0 Å². The number of carbonyl (C=O) groups is 1. The lowest BCUT2D eigenvalue weighted by Crippen LogP contribution is -2.32. The molecule has 1 aliphatic heterocycles. The first-order valence-corrected chi connectivity index (χ1v) is 11.7. The minimum absolute atomic E-state index is 0.0423. The molecule has 3 aromatic heterocycles. The summed E-state index contributed by atoms with van der Waals surface area (Å²) in [6, 6.07) is 5.74. The van der Waals surface area contributed by atoms with Gasteiger partial charge in [-0.3, -0.25) is 9.97 Å². The molecule has 7 nitrogen and oxygen atoms in total. The van der Waals surface area contributed by atoms with Crippen molar-refractivity contribution in [2.75, 3.05) is 6.61 Å². The third kappa shape index (κ3) is 4.42. The fraction of sp³-hybridized carbons (Fsp3) is 0.462. The lowest BCUT2D eigenvalue weighted by atomic mass is 9.88. The molecule has 33 heavy (non-hydrogen) atoms. The number of nitrogens with zero attached hydrogens (tertiary/aromatic N) is 3. The average Bonchev–Trinajstić information content (AvgIpc) is 2.80. The minimum Gasteiger partial charge on any atom is -0.477 e. The lowest BCUT2D eigenvalue weighted by Gasteiger charge is -2.27. The molecule has 0 radical (unpaired) electrons. The van der Waals surface area contributed by atoms with Crippen molar-refractivity contribution in [3.8, 4) is 5.88 Å². The summed E-state index contributed by atoms with van der Waals surface area (Å²) in [6.45, 7) is 10.7. The van der Waals surface area contributed by atoms with Gasteiger partial charge >= 0.3 is 5.97 Å². The van der Waals surface area contributed by atoms with Crippen molar-refractivity contribution in [1.29, 1.82) is 0 Å². The SMILES string of the molecule is CCCOc1ncc([C@](C)(N)CC)c2cc(Cc3ccc4c(n3)[C@@H](C)[C@H](C)OC4=O)ncc12. The van der Waals surface area contributed by atoms with Gasteiger partial charge in [0.25, 0.3) is 0 Å². The van der Waals surface area contributed by atoms with Crippen molar-refractivity contribution < 1.29 is 14.3 Å². The first kappa shape index (κ1) is 23.1. The molecule has 7 heteroatoms. The van der Waals surface area contributed by atoms with Gasteiger partial charge in [-0.1, -0.05) is 20.8 Å². The van der Waals surface area contributed by atoms with Crippen molar-refractivity contribution in [3.05, 3.63) is 58.8 Å². The van der Waals surface area contributed by atoms with Crippen molar-refractivity contribution in [3.63, 3.8) is 0 Å². The number of hydrogen-bond acceptors (Lipinski definition) is 7. The van der Waals surface area contributed by atoms with E-state index in [1.807, 2.05) is 45.3 Å². The second kappa shape index (κ2) is 9.06. The van der Waals surface area contributed by atoms with Crippen LogP contribution in [0.3, 0.4) is 0 Å². The Balaban J connectivity index is 1.75. The monoisotopic (exact) mass is 448 g/mol. The molecule has 0 fully saturated rings. The molecule has 0 spiro atoms. The molecule has 4 heterocycles. The predicted molar refractivity (Wildman–Crippen MR) is 127 cm³/mol. The quantitative estimate of drug-likeness (QED) is 0.525. The molecule has 0 amide bonds. The van der Waals surface area contributed by atoms with E-state index in [4.69, 9.17) is 20.2 Å². The Morgan fingerprint density at radius 3 is 2.64 bits per heavy atom. The van der Waals surface area contributed by atoms with Crippen molar-refractivity contribution >= 4 is 16.7 Å². The first-order valence-electron chi connectivity index (χ1n) is 11.7. The van der Waals surface area contributed by atoms with Gasteiger partial charge < -0.3 is 15.2 Å². The molecule has 0 aromatic carbocycles. The molecule has 0 aliphatic carbocycles. The number of carbonyl (C=O) groups excluding carboxylic acids is 1. The number of cyclic esters (lactones) is 1. The van der Waals surface area contributed by atoms with Crippen molar-refractivity contribution in [1.82, 2.24) is 15.0 Å². The smallest absolute Gasteiger partial charge is 0.340 e. The maximum Gasteiger partial charge on any atom is 0.340 e. The fourth-order valence-electron chi connectivity index (χ4n) is 4.09. The Labute approximate surface area is 194 Å². The number of aromatic nitrogens is 3. The zero-order valence-electron chi connectivity index (χ0n) is 20.0. The van der Waals surface area contributed by atoms with Gasteiger partial charge in [-0.2, -0.15) is 0 Å². The number of esters is 1. The largest absolute Gasteiger partial charge is 0.477 e. The highest BCUT2D eigenvalue weighted by Gasteiger charge is 2.31. The number of fused-ring (bicyclic) bond motifs is 2. The van der Waals surface area contributed by atoms with Crippen molar-refractivity contribution in [2.45, 2.75) is 71.4 Å². The summed E-state index contributed by atoms with van der Waals surface area (Å²) < 4.78 is 11.3. The normalized spacial score (nSPS) is 19.6. The molecular weight excluding hydrogens is 416 g/mol. The highest BCUT2D eigenvalue weighted by atomic mass is 16.5. The fourth-order valence-corrected chi connectivity index (χ4v) is 4.09. The van der Waals surface area contributed by atoms with Crippen LogP contribution in [0.1, 0.15) is 86.4 Å². The molecule has 3 atom stereocenters. The summed E-state index contributed by atoms with van der Waals surface area (Å²) in [7, 11) is 0. The van der Waals surface area contributed by atoms with Crippen LogP contribution in [0, 0.1) is 0 Å². The van der Waals surface area contributed by atoms with Crippen LogP contribution in [0.4, 0.5) is 0 Å². The van der Waals surface area contributed by atoms with E-state index in [9.17, 15) is 4.79 Å². The Morgan fingerprint density at radius 1 is 1.12 bits per heavy atom. The third-order valence-electron chi connectivity index (χ3n) is 6.58. The molecule has 0 saturated heterocycles. The summed E-state index contributed by atoms with van der Waals surface area (Å²) in [6.07, 6.45) is 5.66. The first-order chi connectivity index (χ1) is 15.7. The number of hydrogen-bond donors (Lipinski definition) is 1. The van der Waals surface area contributed by atoms with Gasteiger partial charge in [-0.25, -0.2) is 9.78 Å². The van der Waals surface area contributed by atoms with Crippen LogP contribution < -0.4 is 10.5 Å². The molecule has 0 saturated carbocycles. The number of ether oxygens (including phenoxy) is 2. The molecule has 0 unspecified atom stereocenters. The van der Waals surface area contributed by atoms with Crippen LogP contribution in [0.15, 0.2) is 30.6 Å². The van der Waals surface area contributed by atoms with Crippen LogP contribution in [-0.2, 0) is 16.7 Å². The van der Waals surface area contributed by atoms with Crippen LogP contribution in [-0.4, -0.2) is 33.6 Å². The highest BCUT2D eigenvalue weighted by Crippen LogP contribution is 2.34. The molecule has 174 valence electrons. The topological polar surface area (TPSA) is 100 Å². The van der Waals surface area contributed by atoms with Gasteiger partial charge in [0.1, 0.15) is 6.10 Å². The standard InChI is InChI=1S/C26H32N4O3/c1-6-10-32-24-21-13-28-18(12-20(21)22(14-29-24)26(5,27)7-2)11-17-8-9-19-23(30-17)15(3)16(4)33-25(19)31/h8-9,12-16H,6-7,10-11,27H2,1-5H3/t15-,16-,26+/m0/s1. The van der Waals surface area contributed by atoms with E-state index < -0.39 is 5.54 Å². The summed E-state index contributed by atoms with van der Waals surface area (Å²) in [5, 5.41) is 1.86. The molecule has 4 rings (SSSR count). The summed E-state index contributed by atoms with van der Waals surface area (Å²) in [5.41, 5.74) is 10.1. The Kier molecular flexibility index (Phi) is 6.34. The molecular formula is C26H32N4O3. The van der Waals surface area contributed by atoms with Crippen LogP contribution in [0.5, 0.6) is 5.88 Å². The van der Waals surface area contributed by atoms with E-state index in [0.29, 0.717) is 24.5 Å². The van der Waals surface area contributed by atoms with Gasteiger partial charge in [-0.05, 0) is 55.8 Å². The van der Waals surface area contributed by atoms with Crippen LogP contribution in [0.25, 0.3) is 10.8 Å².